The number of benzene rings is 1. The van der Waals surface area contributed by atoms with E-state index in [-0.39, 0.29) is 5.91 Å². The molecule has 1 aromatic carbocycles. The second-order valence-corrected chi connectivity index (χ2v) is 4.77. The van der Waals surface area contributed by atoms with Gasteiger partial charge in [-0.2, -0.15) is 5.10 Å². The zero-order valence-corrected chi connectivity index (χ0v) is 12.8. The van der Waals surface area contributed by atoms with Crippen LogP contribution in [0.1, 0.15) is 27.3 Å². The van der Waals surface area contributed by atoms with E-state index in [9.17, 15) is 4.79 Å². The summed E-state index contributed by atoms with van der Waals surface area (Å²) in [7, 11) is 3.13. The maximum atomic E-state index is 12.4. The average Bonchev–Trinajstić information content (AvgIpc) is 2.79. The number of carbonyl (C=O) groups is 1. The largest absolute Gasteiger partial charge is 0.496 e. The third-order valence-corrected chi connectivity index (χ3v) is 3.38. The van der Waals surface area contributed by atoms with Crippen LogP contribution in [0.5, 0.6) is 11.5 Å². The number of aromatic nitrogens is 2. The fourth-order valence-electron chi connectivity index (χ4n) is 2.14. The van der Waals surface area contributed by atoms with Gasteiger partial charge in [0.1, 0.15) is 11.5 Å². The van der Waals surface area contributed by atoms with Crippen LogP contribution in [-0.4, -0.2) is 30.3 Å². The van der Waals surface area contributed by atoms with Crippen molar-refractivity contribution >= 4 is 11.6 Å². The summed E-state index contributed by atoms with van der Waals surface area (Å²) >= 11 is 0. The third kappa shape index (κ3) is 2.84. The summed E-state index contributed by atoms with van der Waals surface area (Å²) in [6, 6.07) is 3.38. The molecule has 0 aliphatic heterocycles. The molecule has 2 N–H and O–H groups in total. The standard InChI is InChI=1S/C15H19N3O3/c1-8-12(20-4)6-11(7-13(8)21-5)15(19)16-14-9(2)17-18-10(14)3/h6-7H,1-5H3,(H,16,19)(H,17,18). The Morgan fingerprint density at radius 1 is 1.14 bits per heavy atom. The minimum atomic E-state index is -0.237. The van der Waals surface area contributed by atoms with Crippen molar-refractivity contribution in [1.82, 2.24) is 10.2 Å². The summed E-state index contributed by atoms with van der Waals surface area (Å²) in [6.45, 7) is 5.56. The Labute approximate surface area is 123 Å². The Kier molecular flexibility index (Phi) is 4.16. The van der Waals surface area contributed by atoms with Gasteiger partial charge in [0.05, 0.1) is 31.3 Å². The predicted molar refractivity (Wildman–Crippen MR) is 80.3 cm³/mol. The van der Waals surface area contributed by atoms with E-state index in [4.69, 9.17) is 9.47 Å². The van der Waals surface area contributed by atoms with Crippen molar-refractivity contribution in [2.45, 2.75) is 20.8 Å². The Morgan fingerprint density at radius 2 is 1.71 bits per heavy atom. The molecule has 112 valence electrons. The molecule has 1 aromatic heterocycles. The number of aromatic amines is 1. The number of amides is 1. The first-order chi connectivity index (χ1) is 9.97. The lowest BCUT2D eigenvalue weighted by atomic mass is 10.1. The maximum absolute atomic E-state index is 12.4. The molecule has 0 aliphatic carbocycles. The highest BCUT2D eigenvalue weighted by atomic mass is 16.5. The average molecular weight is 289 g/mol. The summed E-state index contributed by atoms with van der Waals surface area (Å²) in [5.41, 5.74) is 3.57. The summed E-state index contributed by atoms with van der Waals surface area (Å²) < 4.78 is 10.6. The van der Waals surface area contributed by atoms with E-state index in [0.717, 1.165) is 17.0 Å². The van der Waals surface area contributed by atoms with Crippen LogP contribution in [0.2, 0.25) is 0 Å². The van der Waals surface area contributed by atoms with Crippen LogP contribution in [-0.2, 0) is 0 Å². The SMILES string of the molecule is COc1cc(C(=O)Nc2c(C)n[nH]c2C)cc(OC)c1C. The van der Waals surface area contributed by atoms with Crippen LogP contribution in [0.4, 0.5) is 5.69 Å². The molecular formula is C15H19N3O3. The zero-order valence-electron chi connectivity index (χ0n) is 12.8. The Bertz CT molecular complexity index is 632. The van der Waals surface area contributed by atoms with Crippen molar-refractivity contribution < 1.29 is 14.3 Å². The van der Waals surface area contributed by atoms with Crippen molar-refractivity contribution in [3.8, 4) is 11.5 Å². The van der Waals surface area contributed by atoms with Crippen LogP contribution in [0.15, 0.2) is 12.1 Å². The molecule has 0 radical (unpaired) electrons. The van der Waals surface area contributed by atoms with Crippen LogP contribution < -0.4 is 14.8 Å². The van der Waals surface area contributed by atoms with E-state index >= 15 is 0 Å². The first-order valence-corrected chi connectivity index (χ1v) is 6.53. The van der Waals surface area contributed by atoms with E-state index in [1.807, 2.05) is 20.8 Å². The highest BCUT2D eigenvalue weighted by Gasteiger charge is 2.16. The summed E-state index contributed by atoms with van der Waals surface area (Å²) in [6.07, 6.45) is 0. The highest BCUT2D eigenvalue weighted by Crippen LogP contribution is 2.30. The molecule has 2 rings (SSSR count). The molecule has 1 amide bonds. The summed E-state index contributed by atoms with van der Waals surface area (Å²) in [5.74, 6) is 0.986. The van der Waals surface area contributed by atoms with Gasteiger partial charge in [-0.1, -0.05) is 0 Å². The number of nitrogens with zero attached hydrogens (tertiary/aromatic N) is 1. The molecule has 6 nitrogen and oxygen atoms in total. The van der Waals surface area contributed by atoms with E-state index in [0.29, 0.717) is 22.7 Å². The van der Waals surface area contributed by atoms with E-state index in [1.54, 1.807) is 26.4 Å². The molecule has 0 spiro atoms. The summed E-state index contributed by atoms with van der Waals surface area (Å²) in [5, 5.41) is 9.74. The van der Waals surface area contributed by atoms with Gasteiger partial charge >= 0.3 is 0 Å². The number of ether oxygens (including phenoxy) is 2. The molecule has 6 heteroatoms. The van der Waals surface area contributed by atoms with Gasteiger partial charge in [-0.05, 0) is 32.9 Å². The zero-order chi connectivity index (χ0) is 15.6. The van der Waals surface area contributed by atoms with Crippen molar-refractivity contribution in [2.75, 3.05) is 19.5 Å². The highest BCUT2D eigenvalue weighted by molar-refractivity contribution is 6.05. The van der Waals surface area contributed by atoms with Gasteiger partial charge in [0.15, 0.2) is 0 Å². The first kappa shape index (κ1) is 14.9. The fraction of sp³-hybridized carbons (Fsp3) is 0.333. The second-order valence-electron chi connectivity index (χ2n) is 4.77. The fourth-order valence-corrected chi connectivity index (χ4v) is 2.14. The predicted octanol–water partition coefficient (Wildman–Crippen LogP) is 2.60. The molecule has 0 bridgehead atoms. The number of aryl methyl sites for hydroxylation is 2. The van der Waals surface area contributed by atoms with Crippen molar-refractivity contribution in [3.05, 3.63) is 34.6 Å². The van der Waals surface area contributed by atoms with Gasteiger partial charge in [0.2, 0.25) is 0 Å². The molecule has 0 aliphatic rings. The Hall–Kier alpha value is -2.50. The van der Waals surface area contributed by atoms with Gasteiger partial charge < -0.3 is 14.8 Å². The minimum absolute atomic E-state index is 0.237. The van der Waals surface area contributed by atoms with Crippen LogP contribution in [0.3, 0.4) is 0 Å². The van der Waals surface area contributed by atoms with E-state index < -0.39 is 0 Å². The number of hydrogen-bond acceptors (Lipinski definition) is 4. The van der Waals surface area contributed by atoms with Crippen molar-refractivity contribution in [3.63, 3.8) is 0 Å². The smallest absolute Gasteiger partial charge is 0.256 e. The lowest BCUT2D eigenvalue weighted by Gasteiger charge is -2.12. The van der Waals surface area contributed by atoms with Crippen molar-refractivity contribution in [2.24, 2.45) is 0 Å². The number of carbonyl (C=O) groups excluding carboxylic acids is 1. The maximum Gasteiger partial charge on any atom is 0.256 e. The third-order valence-electron chi connectivity index (χ3n) is 3.38. The molecule has 0 atom stereocenters. The Morgan fingerprint density at radius 3 is 2.14 bits per heavy atom. The molecule has 0 saturated carbocycles. The van der Waals surface area contributed by atoms with E-state index in [2.05, 4.69) is 15.5 Å². The molecule has 2 aromatic rings. The van der Waals surface area contributed by atoms with Gasteiger partial charge in [0.25, 0.3) is 5.91 Å². The number of H-pyrrole nitrogens is 1. The molecule has 0 fully saturated rings. The molecule has 21 heavy (non-hydrogen) atoms. The topological polar surface area (TPSA) is 76.2 Å². The van der Waals surface area contributed by atoms with Gasteiger partial charge in [-0.15, -0.1) is 0 Å². The van der Waals surface area contributed by atoms with Crippen LogP contribution in [0, 0.1) is 20.8 Å². The van der Waals surface area contributed by atoms with Crippen molar-refractivity contribution in [1.29, 1.82) is 0 Å². The number of hydrogen-bond donors (Lipinski definition) is 2. The van der Waals surface area contributed by atoms with Gasteiger partial charge in [-0.3, -0.25) is 9.89 Å². The van der Waals surface area contributed by atoms with Gasteiger partial charge in [-0.25, -0.2) is 0 Å². The first-order valence-electron chi connectivity index (χ1n) is 6.53. The quantitative estimate of drug-likeness (QED) is 0.907. The Balaban J connectivity index is 2.35. The van der Waals surface area contributed by atoms with E-state index in [1.165, 1.54) is 0 Å². The lowest BCUT2D eigenvalue weighted by Crippen LogP contribution is -2.13. The van der Waals surface area contributed by atoms with Gasteiger partial charge in [0, 0.05) is 11.1 Å². The minimum Gasteiger partial charge on any atom is -0.496 e. The second kappa shape index (κ2) is 5.87. The normalized spacial score (nSPS) is 10.3. The molecule has 0 saturated heterocycles. The molecule has 1 heterocycles. The molecular weight excluding hydrogens is 270 g/mol. The molecule has 0 unspecified atom stereocenters. The van der Waals surface area contributed by atoms with Crippen LogP contribution >= 0.6 is 0 Å². The van der Waals surface area contributed by atoms with Crippen LogP contribution in [0.25, 0.3) is 0 Å². The monoisotopic (exact) mass is 289 g/mol. The summed E-state index contributed by atoms with van der Waals surface area (Å²) in [4.78, 5) is 12.4. The number of nitrogens with one attached hydrogen (secondary N) is 2. The number of anilines is 1. The lowest BCUT2D eigenvalue weighted by molar-refractivity contribution is 0.102. The number of methoxy groups -OCH3 is 2. The number of rotatable bonds is 4.